The van der Waals surface area contributed by atoms with Gasteiger partial charge in [0, 0.05) is 32.4 Å². The molecule has 0 aliphatic carbocycles. The molecule has 1 atom stereocenters. The van der Waals surface area contributed by atoms with Crippen LogP contribution in [0.1, 0.15) is 37.7 Å². The summed E-state index contributed by atoms with van der Waals surface area (Å²) >= 11 is 0. The third-order valence-electron chi connectivity index (χ3n) is 6.16. The molecule has 3 heterocycles. The van der Waals surface area contributed by atoms with Crippen LogP contribution in [-0.4, -0.2) is 47.0 Å². The van der Waals surface area contributed by atoms with Crippen LogP contribution in [0.2, 0.25) is 0 Å². The number of amides is 1. The van der Waals surface area contributed by atoms with Crippen LogP contribution in [0.3, 0.4) is 0 Å². The summed E-state index contributed by atoms with van der Waals surface area (Å²) in [6.07, 6.45) is 4.77. The molecule has 2 fully saturated rings. The molecule has 2 saturated heterocycles. The number of hydrogen-bond donors (Lipinski definition) is 1. The number of anilines is 2. The van der Waals surface area contributed by atoms with Gasteiger partial charge in [-0.05, 0) is 43.2 Å². The van der Waals surface area contributed by atoms with E-state index in [-0.39, 0.29) is 17.2 Å². The zero-order chi connectivity index (χ0) is 18.9. The van der Waals surface area contributed by atoms with Gasteiger partial charge in [-0.2, -0.15) is 4.98 Å². The van der Waals surface area contributed by atoms with E-state index in [4.69, 9.17) is 5.73 Å². The number of rotatable bonds is 3. The zero-order valence-corrected chi connectivity index (χ0v) is 15.8. The van der Waals surface area contributed by atoms with Crippen molar-refractivity contribution in [3.05, 3.63) is 48.2 Å². The van der Waals surface area contributed by atoms with Gasteiger partial charge in [-0.1, -0.05) is 30.3 Å². The Morgan fingerprint density at radius 2 is 1.93 bits per heavy atom. The fourth-order valence-electron chi connectivity index (χ4n) is 4.61. The first-order chi connectivity index (χ1) is 13.1. The standard InChI is InChI=1S/C21H27N5O/c1-2-25-15-21(14-17(19(25)27)16-6-4-3-5-7-16)9-12-26(13-10-21)18-8-11-23-20(22)24-18/h3-8,11,17H,2,9-10,12-15H2,1H3,(H2,22,23,24)/t17-/m1/s1. The number of likely N-dealkylation sites (N-methyl/N-ethyl adjacent to an activating group) is 1. The normalized spacial score (nSPS) is 22.3. The molecule has 142 valence electrons. The molecule has 2 aliphatic heterocycles. The molecule has 2 N–H and O–H groups in total. The van der Waals surface area contributed by atoms with Gasteiger partial charge in [0.05, 0.1) is 5.92 Å². The zero-order valence-electron chi connectivity index (χ0n) is 15.8. The number of likely N-dealkylation sites (tertiary alicyclic amines) is 1. The molecule has 4 rings (SSSR count). The average Bonchev–Trinajstić information content (AvgIpc) is 2.71. The highest BCUT2D eigenvalue weighted by Gasteiger charge is 2.45. The lowest BCUT2D eigenvalue weighted by atomic mass is 9.67. The van der Waals surface area contributed by atoms with Crippen LogP contribution in [0.5, 0.6) is 0 Å². The molecule has 6 heteroatoms. The van der Waals surface area contributed by atoms with Gasteiger partial charge in [-0.3, -0.25) is 4.79 Å². The Morgan fingerprint density at radius 1 is 1.19 bits per heavy atom. The number of benzene rings is 1. The van der Waals surface area contributed by atoms with Crippen LogP contribution < -0.4 is 10.6 Å². The van der Waals surface area contributed by atoms with Crippen LogP contribution in [0.15, 0.2) is 42.6 Å². The lowest BCUT2D eigenvalue weighted by Gasteiger charge is -2.50. The molecule has 2 aliphatic rings. The van der Waals surface area contributed by atoms with Crippen LogP contribution >= 0.6 is 0 Å². The first-order valence-corrected chi connectivity index (χ1v) is 9.77. The second kappa shape index (κ2) is 7.18. The number of piperidine rings is 2. The number of carbonyl (C=O) groups excluding carboxylic acids is 1. The summed E-state index contributed by atoms with van der Waals surface area (Å²) < 4.78 is 0. The topological polar surface area (TPSA) is 75.3 Å². The number of nitrogens with zero attached hydrogens (tertiary/aromatic N) is 4. The fourth-order valence-corrected chi connectivity index (χ4v) is 4.61. The Kier molecular flexibility index (Phi) is 4.72. The quantitative estimate of drug-likeness (QED) is 0.905. The van der Waals surface area contributed by atoms with Crippen LogP contribution in [0.25, 0.3) is 0 Å². The molecule has 0 saturated carbocycles. The Bertz CT molecular complexity index is 801. The summed E-state index contributed by atoms with van der Waals surface area (Å²) in [7, 11) is 0. The Morgan fingerprint density at radius 3 is 2.59 bits per heavy atom. The smallest absolute Gasteiger partial charge is 0.230 e. The number of nitrogens with two attached hydrogens (primary N) is 1. The van der Waals surface area contributed by atoms with Crippen molar-refractivity contribution in [3.8, 4) is 0 Å². The van der Waals surface area contributed by atoms with E-state index in [1.807, 2.05) is 24.3 Å². The van der Waals surface area contributed by atoms with Gasteiger partial charge in [0.1, 0.15) is 5.82 Å². The van der Waals surface area contributed by atoms with Crippen molar-refractivity contribution < 1.29 is 4.79 Å². The largest absolute Gasteiger partial charge is 0.368 e. The summed E-state index contributed by atoms with van der Waals surface area (Å²) in [5.41, 5.74) is 7.07. The summed E-state index contributed by atoms with van der Waals surface area (Å²) in [4.78, 5) is 25.7. The molecule has 6 nitrogen and oxygen atoms in total. The lowest BCUT2D eigenvalue weighted by molar-refractivity contribution is -0.140. The molecule has 2 aromatic rings. The van der Waals surface area contributed by atoms with Gasteiger partial charge in [-0.15, -0.1) is 0 Å². The van der Waals surface area contributed by atoms with Crippen molar-refractivity contribution in [2.24, 2.45) is 5.41 Å². The minimum atomic E-state index is -0.0267. The highest BCUT2D eigenvalue weighted by Crippen LogP contribution is 2.46. The van der Waals surface area contributed by atoms with Crippen molar-refractivity contribution in [3.63, 3.8) is 0 Å². The first kappa shape index (κ1) is 17.8. The summed E-state index contributed by atoms with van der Waals surface area (Å²) in [5.74, 6) is 1.47. The van der Waals surface area contributed by atoms with Crippen molar-refractivity contribution in [2.45, 2.75) is 32.1 Å². The summed E-state index contributed by atoms with van der Waals surface area (Å²) in [5, 5.41) is 0. The molecule has 27 heavy (non-hydrogen) atoms. The third kappa shape index (κ3) is 3.48. The maximum atomic E-state index is 13.0. The van der Waals surface area contributed by atoms with E-state index in [2.05, 4.69) is 38.8 Å². The Labute approximate surface area is 160 Å². The third-order valence-corrected chi connectivity index (χ3v) is 6.16. The van der Waals surface area contributed by atoms with Gasteiger partial charge in [0.2, 0.25) is 11.9 Å². The van der Waals surface area contributed by atoms with Gasteiger partial charge in [0.25, 0.3) is 0 Å². The molecule has 1 spiro atoms. The van der Waals surface area contributed by atoms with Gasteiger partial charge >= 0.3 is 0 Å². The SMILES string of the molecule is CCN1CC2(CCN(c3ccnc(N)n3)CC2)C[C@H](c2ccccc2)C1=O. The maximum Gasteiger partial charge on any atom is 0.230 e. The Balaban J connectivity index is 1.53. The molecule has 1 amide bonds. The van der Waals surface area contributed by atoms with Crippen LogP contribution in [0.4, 0.5) is 11.8 Å². The number of carbonyl (C=O) groups is 1. The van der Waals surface area contributed by atoms with Crippen molar-refractivity contribution in [1.29, 1.82) is 0 Å². The molecule has 0 unspecified atom stereocenters. The van der Waals surface area contributed by atoms with Crippen molar-refractivity contribution in [1.82, 2.24) is 14.9 Å². The number of hydrogen-bond acceptors (Lipinski definition) is 5. The van der Waals surface area contributed by atoms with E-state index in [1.54, 1.807) is 6.20 Å². The molecular formula is C21H27N5O. The van der Waals surface area contributed by atoms with Crippen LogP contribution in [-0.2, 0) is 4.79 Å². The van der Waals surface area contributed by atoms with Gasteiger partial charge < -0.3 is 15.5 Å². The predicted octanol–water partition coefficient (Wildman–Crippen LogP) is 2.68. The average molecular weight is 365 g/mol. The second-order valence-electron chi connectivity index (χ2n) is 7.78. The molecule has 1 aromatic carbocycles. The lowest BCUT2D eigenvalue weighted by Crippen LogP contribution is -2.54. The first-order valence-electron chi connectivity index (χ1n) is 9.77. The molecule has 1 aromatic heterocycles. The van der Waals surface area contributed by atoms with Crippen LogP contribution in [0, 0.1) is 5.41 Å². The maximum absolute atomic E-state index is 13.0. The van der Waals surface area contributed by atoms with E-state index >= 15 is 0 Å². The minimum absolute atomic E-state index is 0.0267. The molecule has 0 radical (unpaired) electrons. The highest BCUT2D eigenvalue weighted by molar-refractivity contribution is 5.84. The van der Waals surface area contributed by atoms with E-state index in [0.29, 0.717) is 5.95 Å². The Hall–Kier alpha value is -2.63. The van der Waals surface area contributed by atoms with E-state index in [9.17, 15) is 4.79 Å². The van der Waals surface area contributed by atoms with E-state index in [1.165, 1.54) is 0 Å². The van der Waals surface area contributed by atoms with Crippen molar-refractivity contribution >= 4 is 17.7 Å². The van der Waals surface area contributed by atoms with Crippen molar-refractivity contribution in [2.75, 3.05) is 36.8 Å². The number of nitrogen functional groups attached to an aromatic ring is 1. The van der Waals surface area contributed by atoms with Gasteiger partial charge in [-0.25, -0.2) is 4.98 Å². The minimum Gasteiger partial charge on any atom is -0.368 e. The fraction of sp³-hybridized carbons (Fsp3) is 0.476. The molecular weight excluding hydrogens is 338 g/mol. The predicted molar refractivity (Wildman–Crippen MR) is 106 cm³/mol. The monoisotopic (exact) mass is 365 g/mol. The van der Waals surface area contributed by atoms with E-state index < -0.39 is 0 Å². The number of aromatic nitrogens is 2. The second-order valence-corrected chi connectivity index (χ2v) is 7.78. The summed E-state index contributed by atoms with van der Waals surface area (Å²) in [6.45, 7) is 5.59. The van der Waals surface area contributed by atoms with E-state index in [0.717, 1.165) is 56.8 Å². The highest BCUT2D eigenvalue weighted by atomic mass is 16.2. The summed E-state index contributed by atoms with van der Waals surface area (Å²) in [6, 6.07) is 12.2. The molecule has 0 bridgehead atoms. The van der Waals surface area contributed by atoms with Gasteiger partial charge in [0.15, 0.2) is 0 Å².